The van der Waals surface area contributed by atoms with E-state index in [9.17, 15) is 18.0 Å². The standard InChI is InChI=1S/C10H10ClF3N2O/c1-16(5-10(12,13)14)9(17)8-6(11)3-2-4-7(8)15/h2-4H,5,15H2,1H3. The fraction of sp³-hybridized carbons (Fsp3) is 0.300. The molecule has 0 aliphatic carbocycles. The zero-order valence-electron chi connectivity index (χ0n) is 8.88. The normalized spacial score (nSPS) is 11.4. The van der Waals surface area contributed by atoms with Gasteiger partial charge in [-0.25, -0.2) is 0 Å². The quantitative estimate of drug-likeness (QED) is 0.836. The summed E-state index contributed by atoms with van der Waals surface area (Å²) in [6, 6.07) is 4.31. The highest BCUT2D eigenvalue weighted by atomic mass is 35.5. The van der Waals surface area contributed by atoms with E-state index < -0.39 is 18.6 Å². The van der Waals surface area contributed by atoms with Crippen LogP contribution >= 0.6 is 11.6 Å². The second-order valence-corrected chi connectivity index (χ2v) is 3.89. The number of nitrogen functional groups attached to an aromatic ring is 1. The van der Waals surface area contributed by atoms with E-state index in [-0.39, 0.29) is 16.3 Å². The lowest BCUT2D eigenvalue weighted by Gasteiger charge is -2.20. The predicted octanol–water partition coefficient (Wildman–Crippen LogP) is 2.56. The number of halogens is 4. The number of hydrogen-bond acceptors (Lipinski definition) is 2. The first-order chi connectivity index (χ1) is 7.72. The molecule has 1 aromatic rings. The lowest BCUT2D eigenvalue weighted by atomic mass is 10.1. The first-order valence-corrected chi connectivity index (χ1v) is 4.96. The molecule has 7 heteroatoms. The first-order valence-electron chi connectivity index (χ1n) is 4.58. The molecule has 0 aliphatic heterocycles. The third kappa shape index (κ3) is 3.52. The zero-order valence-corrected chi connectivity index (χ0v) is 9.64. The van der Waals surface area contributed by atoms with Crippen LogP contribution in [0.3, 0.4) is 0 Å². The molecule has 2 N–H and O–H groups in total. The highest BCUT2D eigenvalue weighted by Gasteiger charge is 2.32. The maximum atomic E-state index is 12.1. The van der Waals surface area contributed by atoms with Crippen LogP contribution < -0.4 is 5.73 Å². The van der Waals surface area contributed by atoms with E-state index in [0.29, 0.717) is 4.90 Å². The molecule has 0 atom stereocenters. The SMILES string of the molecule is CN(CC(F)(F)F)C(=O)c1c(N)cccc1Cl. The molecule has 94 valence electrons. The highest BCUT2D eigenvalue weighted by molar-refractivity contribution is 6.34. The van der Waals surface area contributed by atoms with Crippen molar-refractivity contribution in [3.8, 4) is 0 Å². The van der Waals surface area contributed by atoms with Gasteiger partial charge in [0.25, 0.3) is 5.91 Å². The smallest absolute Gasteiger partial charge is 0.398 e. The van der Waals surface area contributed by atoms with Crippen molar-refractivity contribution >= 4 is 23.2 Å². The van der Waals surface area contributed by atoms with Crippen molar-refractivity contribution in [2.75, 3.05) is 19.3 Å². The van der Waals surface area contributed by atoms with Crippen molar-refractivity contribution < 1.29 is 18.0 Å². The second-order valence-electron chi connectivity index (χ2n) is 3.48. The lowest BCUT2D eigenvalue weighted by Crippen LogP contribution is -2.36. The van der Waals surface area contributed by atoms with E-state index in [0.717, 1.165) is 7.05 Å². The molecule has 0 bridgehead atoms. The molecule has 0 saturated carbocycles. The van der Waals surface area contributed by atoms with Crippen molar-refractivity contribution in [3.05, 3.63) is 28.8 Å². The number of anilines is 1. The summed E-state index contributed by atoms with van der Waals surface area (Å²) in [5.41, 5.74) is 5.45. The Labute approximate surface area is 101 Å². The summed E-state index contributed by atoms with van der Waals surface area (Å²) in [6.45, 7) is -1.35. The van der Waals surface area contributed by atoms with Gasteiger partial charge in [0.15, 0.2) is 0 Å². The molecule has 0 spiro atoms. The summed E-state index contributed by atoms with van der Waals surface area (Å²) in [4.78, 5) is 12.3. The minimum atomic E-state index is -4.46. The van der Waals surface area contributed by atoms with Gasteiger partial charge in [-0.15, -0.1) is 0 Å². The minimum absolute atomic E-state index is 0.0315. The lowest BCUT2D eigenvalue weighted by molar-refractivity contribution is -0.138. The molecule has 3 nitrogen and oxygen atoms in total. The van der Waals surface area contributed by atoms with Crippen LogP contribution in [-0.4, -0.2) is 30.6 Å². The number of alkyl halides is 3. The first kappa shape index (κ1) is 13.6. The van der Waals surface area contributed by atoms with E-state index in [2.05, 4.69) is 0 Å². The number of benzene rings is 1. The average Bonchev–Trinajstić information content (AvgIpc) is 2.14. The Balaban J connectivity index is 2.97. The van der Waals surface area contributed by atoms with Crippen molar-refractivity contribution in [1.29, 1.82) is 0 Å². The van der Waals surface area contributed by atoms with Gasteiger partial charge >= 0.3 is 6.18 Å². The summed E-state index contributed by atoms with van der Waals surface area (Å²) < 4.78 is 36.4. The molecule has 0 heterocycles. The number of nitrogens with zero attached hydrogens (tertiary/aromatic N) is 1. The van der Waals surface area contributed by atoms with Crippen LogP contribution in [0.2, 0.25) is 5.02 Å². The van der Waals surface area contributed by atoms with Crippen LogP contribution in [0, 0.1) is 0 Å². The second kappa shape index (κ2) is 4.83. The van der Waals surface area contributed by atoms with Gasteiger partial charge < -0.3 is 10.6 Å². The van der Waals surface area contributed by atoms with Crippen LogP contribution in [0.1, 0.15) is 10.4 Å². The van der Waals surface area contributed by atoms with Crippen LogP contribution in [0.4, 0.5) is 18.9 Å². The molecule has 1 aromatic carbocycles. The van der Waals surface area contributed by atoms with Gasteiger partial charge in [-0.1, -0.05) is 17.7 Å². The number of nitrogens with two attached hydrogens (primary N) is 1. The average molecular weight is 267 g/mol. The van der Waals surface area contributed by atoms with E-state index in [4.69, 9.17) is 17.3 Å². The Morgan fingerprint density at radius 2 is 2.06 bits per heavy atom. The Bertz CT molecular complexity index is 414. The van der Waals surface area contributed by atoms with Crippen LogP contribution in [0.15, 0.2) is 18.2 Å². The van der Waals surface area contributed by atoms with E-state index in [1.165, 1.54) is 18.2 Å². The fourth-order valence-corrected chi connectivity index (χ4v) is 1.56. The van der Waals surface area contributed by atoms with Crippen molar-refractivity contribution in [2.45, 2.75) is 6.18 Å². The van der Waals surface area contributed by atoms with E-state index in [1.807, 2.05) is 0 Å². The number of amides is 1. The number of carbonyl (C=O) groups excluding carboxylic acids is 1. The van der Waals surface area contributed by atoms with Gasteiger partial charge in [0.1, 0.15) is 6.54 Å². The Morgan fingerprint density at radius 1 is 1.47 bits per heavy atom. The molecule has 0 saturated heterocycles. The zero-order chi connectivity index (χ0) is 13.2. The Morgan fingerprint density at radius 3 is 2.53 bits per heavy atom. The van der Waals surface area contributed by atoms with Gasteiger partial charge in [0.05, 0.1) is 10.6 Å². The van der Waals surface area contributed by atoms with Crippen LogP contribution in [0.25, 0.3) is 0 Å². The summed E-state index contributed by atoms with van der Waals surface area (Å²) in [5, 5.41) is 0.0315. The number of carbonyl (C=O) groups is 1. The highest BCUT2D eigenvalue weighted by Crippen LogP contribution is 2.24. The molecule has 0 radical (unpaired) electrons. The topological polar surface area (TPSA) is 46.3 Å². The van der Waals surface area contributed by atoms with Gasteiger partial charge in [-0.3, -0.25) is 4.79 Å². The van der Waals surface area contributed by atoms with Crippen molar-refractivity contribution in [3.63, 3.8) is 0 Å². The van der Waals surface area contributed by atoms with Crippen molar-refractivity contribution in [2.24, 2.45) is 0 Å². The number of hydrogen-bond donors (Lipinski definition) is 1. The summed E-state index contributed by atoms with van der Waals surface area (Å²) in [7, 11) is 1.04. The summed E-state index contributed by atoms with van der Waals surface area (Å²) in [5.74, 6) is -0.856. The largest absolute Gasteiger partial charge is 0.406 e. The molecule has 1 amide bonds. The summed E-state index contributed by atoms with van der Waals surface area (Å²) >= 11 is 5.73. The molecule has 0 aromatic heterocycles. The maximum absolute atomic E-state index is 12.1. The Hall–Kier alpha value is -1.43. The van der Waals surface area contributed by atoms with Crippen LogP contribution in [0.5, 0.6) is 0 Å². The monoisotopic (exact) mass is 266 g/mol. The van der Waals surface area contributed by atoms with Gasteiger partial charge in [0.2, 0.25) is 0 Å². The number of rotatable bonds is 2. The molecule has 17 heavy (non-hydrogen) atoms. The molecular weight excluding hydrogens is 257 g/mol. The van der Waals surface area contributed by atoms with E-state index >= 15 is 0 Å². The van der Waals surface area contributed by atoms with E-state index in [1.54, 1.807) is 0 Å². The fourth-order valence-electron chi connectivity index (χ4n) is 1.30. The predicted molar refractivity (Wildman–Crippen MR) is 58.9 cm³/mol. The Kier molecular flexibility index (Phi) is 3.87. The van der Waals surface area contributed by atoms with Gasteiger partial charge in [-0.05, 0) is 12.1 Å². The van der Waals surface area contributed by atoms with Crippen molar-refractivity contribution in [1.82, 2.24) is 4.90 Å². The molecule has 1 rings (SSSR count). The molecule has 0 unspecified atom stereocenters. The minimum Gasteiger partial charge on any atom is -0.398 e. The molecule has 0 fully saturated rings. The third-order valence-corrected chi connectivity index (χ3v) is 2.34. The van der Waals surface area contributed by atoms with Crippen LogP contribution in [-0.2, 0) is 0 Å². The third-order valence-electron chi connectivity index (χ3n) is 2.02. The molecule has 0 aliphatic rings. The molecular formula is C10H10ClF3N2O. The maximum Gasteiger partial charge on any atom is 0.406 e. The van der Waals surface area contributed by atoms with Gasteiger partial charge in [0, 0.05) is 12.7 Å². The summed E-state index contributed by atoms with van der Waals surface area (Å²) in [6.07, 6.45) is -4.46. The van der Waals surface area contributed by atoms with Gasteiger partial charge in [-0.2, -0.15) is 13.2 Å².